The number of nitrogens with one attached hydrogen (secondary N) is 1. The molecule has 20 heavy (non-hydrogen) atoms. The van der Waals surface area contributed by atoms with Crippen molar-refractivity contribution >= 4 is 29.3 Å². The Kier molecular flexibility index (Phi) is 5.90. The third-order valence-electron chi connectivity index (χ3n) is 2.51. The van der Waals surface area contributed by atoms with E-state index in [0.29, 0.717) is 18.2 Å². The number of thioether (sulfide) groups is 1. The van der Waals surface area contributed by atoms with Crippen LogP contribution in [0.5, 0.6) is 0 Å². The maximum Gasteiger partial charge on any atom is 0.338 e. The number of hydrogen-bond donors (Lipinski definition) is 3. The van der Waals surface area contributed by atoms with E-state index in [1.807, 2.05) is 6.26 Å². The topological polar surface area (TPSA) is 92.4 Å². The van der Waals surface area contributed by atoms with E-state index in [1.165, 1.54) is 11.8 Å². The van der Waals surface area contributed by atoms with Crippen LogP contribution in [0.25, 0.3) is 0 Å². The number of nitrogens with two attached hydrogens (primary N) is 1. The number of carboxylic acid groups (broad SMARTS) is 1. The van der Waals surface area contributed by atoms with E-state index in [4.69, 9.17) is 10.8 Å². The molecule has 1 amide bonds. The molecule has 0 saturated heterocycles. The number of benzene rings is 1. The molecule has 4 N–H and O–H groups in total. The molecular weight excluding hydrogens is 290 g/mol. The second-order valence-corrected chi connectivity index (χ2v) is 4.98. The molecule has 0 aromatic heterocycles. The molecule has 110 valence electrons. The zero-order valence-electron chi connectivity index (χ0n) is 10.7. The molecule has 0 radical (unpaired) electrons. The summed E-state index contributed by atoms with van der Waals surface area (Å²) in [7, 11) is 0. The maximum absolute atomic E-state index is 13.5. The summed E-state index contributed by atoms with van der Waals surface area (Å²) >= 11 is 1.50. The first-order valence-electron chi connectivity index (χ1n) is 5.64. The molecule has 1 rings (SSSR count). The van der Waals surface area contributed by atoms with Crippen molar-refractivity contribution in [3.05, 3.63) is 29.3 Å². The van der Waals surface area contributed by atoms with Crippen molar-refractivity contribution in [2.24, 2.45) is 5.73 Å². The van der Waals surface area contributed by atoms with Gasteiger partial charge < -0.3 is 16.2 Å². The van der Waals surface area contributed by atoms with Gasteiger partial charge in [-0.3, -0.25) is 4.79 Å². The van der Waals surface area contributed by atoms with E-state index in [1.54, 1.807) is 0 Å². The van der Waals surface area contributed by atoms with Crippen LogP contribution in [0.4, 0.5) is 14.5 Å². The number of halogens is 2. The molecule has 0 heterocycles. The second kappa shape index (κ2) is 7.20. The Balaban J connectivity index is 2.89. The molecule has 0 unspecified atom stereocenters. The zero-order valence-corrected chi connectivity index (χ0v) is 11.5. The molecule has 8 heteroatoms. The van der Waals surface area contributed by atoms with Crippen LogP contribution in [0.1, 0.15) is 16.8 Å². The molecule has 0 spiro atoms. The van der Waals surface area contributed by atoms with Gasteiger partial charge in [0.15, 0.2) is 0 Å². The smallest absolute Gasteiger partial charge is 0.338 e. The summed E-state index contributed by atoms with van der Waals surface area (Å²) in [4.78, 5) is 22.4. The SMILES string of the molecule is CSCC[C@@H](N)C(=O)Nc1cc(C(=O)O)c(F)cc1F. The van der Waals surface area contributed by atoms with Crippen molar-refractivity contribution in [2.75, 3.05) is 17.3 Å². The average Bonchev–Trinajstić information content (AvgIpc) is 2.38. The first-order chi connectivity index (χ1) is 9.36. The van der Waals surface area contributed by atoms with Crippen LogP contribution in [-0.4, -0.2) is 35.0 Å². The van der Waals surface area contributed by atoms with Gasteiger partial charge in [-0.2, -0.15) is 11.8 Å². The van der Waals surface area contributed by atoms with Gasteiger partial charge in [0.25, 0.3) is 0 Å². The highest BCUT2D eigenvalue weighted by atomic mass is 32.2. The number of aromatic carboxylic acids is 1. The third-order valence-corrected chi connectivity index (χ3v) is 3.16. The standard InChI is InChI=1S/C12H14F2N2O3S/c1-20-3-2-9(15)11(17)16-10-4-6(12(18)19)7(13)5-8(10)14/h4-5,9H,2-3,15H2,1H3,(H,16,17)(H,18,19)/t9-/m1/s1. The first-order valence-corrected chi connectivity index (χ1v) is 7.04. The van der Waals surface area contributed by atoms with Crippen LogP contribution in [0.15, 0.2) is 12.1 Å². The van der Waals surface area contributed by atoms with Crippen molar-refractivity contribution in [2.45, 2.75) is 12.5 Å². The normalized spacial score (nSPS) is 12.0. The van der Waals surface area contributed by atoms with E-state index in [2.05, 4.69) is 5.32 Å². The summed E-state index contributed by atoms with van der Waals surface area (Å²) in [6, 6.07) is 0.291. The molecule has 1 aromatic rings. The minimum atomic E-state index is -1.55. The highest BCUT2D eigenvalue weighted by molar-refractivity contribution is 7.98. The minimum absolute atomic E-state index is 0.390. The van der Waals surface area contributed by atoms with Gasteiger partial charge in [0, 0.05) is 6.07 Å². The quantitative estimate of drug-likeness (QED) is 0.743. The highest BCUT2D eigenvalue weighted by Crippen LogP contribution is 2.20. The molecule has 0 fully saturated rings. The molecule has 0 aliphatic rings. The number of carbonyl (C=O) groups excluding carboxylic acids is 1. The van der Waals surface area contributed by atoms with Crippen molar-refractivity contribution in [3.63, 3.8) is 0 Å². The number of hydrogen-bond acceptors (Lipinski definition) is 4. The summed E-state index contributed by atoms with van der Waals surface area (Å²) in [5.74, 6) is -3.82. The average molecular weight is 304 g/mol. The van der Waals surface area contributed by atoms with Gasteiger partial charge in [-0.25, -0.2) is 13.6 Å². The molecule has 1 aromatic carbocycles. The molecule has 5 nitrogen and oxygen atoms in total. The molecule has 0 aliphatic heterocycles. The molecule has 0 aliphatic carbocycles. The van der Waals surface area contributed by atoms with E-state index in [0.717, 1.165) is 6.07 Å². The summed E-state index contributed by atoms with van der Waals surface area (Å²) in [6.45, 7) is 0. The Morgan fingerprint density at radius 3 is 2.60 bits per heavy atom. The number of carboxylic acids is 1. The van der Waals surface area contributed by atoms with Gasteiger partial charge in [0.05, 0.1) is 17.3 Å². The van der Waals surface area contributed by atoms with Crippen LogP contribution in [0.3, 0.4) is 0 Å². The molecule has 1 atom stereocenters. The lowest BCUT2D eigenvalue weighted by atomic mass is 10.1. The van der Waals surface area contributed by atoms with Crippen molar-refractivity contribution in [3.8, 4) is 0 Å². The maximum atomic E-state index is 13.5. The lowest BCUT2D eigenvalue weighted by Gasteiger charge is -2.12. The van der Waals surface area contributed by atoms with Crippen molar-refractivity contribution in [1.82, 2.24) is 0 Å². The first kappa shape index (κ1) is 16.4. The van der Waals surface area contributed by atoms with Crippen molar-refractivity contribution in [1.29, 1.82) is 0 Å². The largest absolute Gasteiger partial charge is 0.478 e. The van der Waals surface area contributed by atoms with Gasteiger partial charge in [0.1, 0.15) is 11.6 Å². The summed E-state index contributed by atoms with van der Waals surface area (Å²) in [5, 5.41) is 10.9. The number of rotatable bonds is 6. The Morgan fingerprint density at radius 2 is 2.05 bits per heavy atom. The lowest BCUT2D eigenvalue weighted by Crippen LogP contribution is -2.36. The Bertz CT molecular complexity index is 526. The zero-order chi connectivity index (χ0) is 15.3. The van der Waals surface area contributed by atoms with Gasteiger partial charge in [0.2, 0.25) is 5.91 Å². The number of anilines is 1. The van der Waals surface area contributed by atoms with E-state index < -0.39 is 40.8 Å². The van der Waals surface area contributed by atoms with Gasteiger partial charge in [-0.05, 0) is 24.5 Å². The van der Waals surface area contributed by atoms with Gasteiger partial charge >= 0.3 is 5.97 Å². The van der Waals surface area contributed by atoms with Crippen LogP contribution >= 0.6 is 11.8 Å². The minimum Gasteiger partial charge on any atom is -0.478 e. The summed E-state index contributed by atoms with van der Waals surface area (Å²) in [5.41, 5.74) is 4.46. The lowest BCUT2D eigenvalue weighted by molar-refractivity contribution is -0.117. The Hall–Kier alpha value is -1.67. The molecule has 0 bridgehead atoms. The predicted octanol–water partition coefficient (Wildman–Crippen LogP) is 1.68. The number of amides is 1. The monoisotopic (exact) mass is 304 g/mol. The van der Waals surface area contributed by atoms with Crippen LogP contribution < -0.4 is 11.1 Å². The third kappa shape index (κ3) is 4.17. The summed E-state index contributed by atoms with van der Waals surface area (Å²) in [6.07, 6.45) is 2.24. The van der Waals surface area contributed by atoms with E-state index in [-0.39, 0.29) is 0 Å². The fourth-order valence-electron chi connectivity index (χ4n) is 1.41. The molecular formula is C12H14F2N2O3S. The summed E-state index contributed by atoms with van der Waals surface area (Å²) < 4.78 is 26.7. The Morgan fingerprint density at radius 1 is 1.40 bits per heavy atom. The van der Waals surface area contributed by atoms with E-state index in [9.17, 15) is 18.4 Å². The second-order valence-electron chi connectivity index (χ2n) is 3.99. The van der Waals surface area contributed by atoms with Gasteiger partial charge in [-0.15, -0.1) is 0 Å². The van der Waals surface area contributed by atoms with Crippen molar-refractivity contribution < 1.29 is 23.5 Å². The van der Waals surface area contributed by atoms with Crippen LogP contribution in [0, 0.1) is 11.6 Å². The Labute approximate surface area is 118 Å². The van der Waals surface area contributed by atoms with Crippen LogP contribution in [0.2, 0.25) is 0 Å². The van der Waals surface area contributed by atoms with Gasteiger partial charge in [-0.1, -0.05) is 0 Å². The number of carbonyl (C=O) groups is 2. The fourth-order valence-corrected chi connectivity index (χ4v) is 1.90. The highest BCUT2D eigenvalue weighted by Gasteiger charge is 2.19. The predicted molar refractivity (Wildman–Crippen MR) is 72.9 cm³/mol. The fraction of sp³-hybridized carbons (Fsp3) is 0.333. The molecule has 0 saturated carbocycles. The van der Waals surface area contributed by atoms with Crippen LogP contribution in [-0.2, 0) is 4.79 Å². The van der Waals surface area contributed by atoms with E-state index >= 15 is 0 Å².